The monoisotopic (exact) mass is 274 g/mol. The SMILES string of the molecule is Cc1ccccc1N(CCN)Cc1ccc(Cl)cc1. The summed E-state index contributed by atoms with van der Waals surface area (Å²) in [5, 5.41) is 0.769. The third-order valence-corrected chi connectivity index (χ3v) is 3.39. The van der Waals surface area contributed by atoms with Crippen molar-refractivity contribution < 1.29 is 0 Å². The summed E-state index contributed by atoms with van der Waals surface area (Å²) in [6, 6.07) is 16.4. The van der Waals surface area contributed by atoms with Crippen molar-refractivity contribution >= 4 is 17.3 Å². The van der Waals surface area contributed by atoms with Crippen LogP contribution in [0.5, 0.6) is 0 Å². The molecule has 0 saturated carbocycles. The third kappa shape index (κ3) is 3.72. The Morgan fingerprint density at radius 3 is 2.37 bits per heavy atom. The van der Waals surface area contributed by atoms with Crippen molar-refractivity contribution in [2.24, 2.45) is 5.73 Å². The highest BCUT2D eigenvalue weighted by molar-refractivity contribution is 6.30. The fourth-order valence-electron chi connectivity index (χ4n) is 2.17. The Morgan fingerprint density at radius 2 is 1.74 bits per heavy atom. The van der Waals surface area contributed by atoms with Crippen molar-refractivity contribution in [2.75, 3.05) is 18.0 Å². The molecule has 0 aromatic heterocycles. The van der Waals surface area contributed by atoms with E-state index in [1.807, 2.05) is 12.1 Å². The Kier molecular flexibility index (Phi) is 4.83. The smallest absolute Gasteiger partial charge is 0.0430 e. The highest BCUT2D eigenvalue weighted by atomic mass is 35.5. The van der Waals surface area contributed by atoms with E-state index in [4.69, 9.17) is 17.3 Å². The van der Waals surface area contributed by atoms with Gasteiger partial charge in [-0.25, -0.2) is 0 Å². The zero-order valence-corrected chi connectivity index (χ0v) is 11.9. The molecule has 19 heavy (non-hydrogen) atoms. The van der Waals surface area contributed by atoms with Crippen LogP contribution in [0, 0.1) is 6.92 Å². The van der Waals surface area contributed by atoms with Gasteiger partial charge in [-0.15, -0.1) is 0 Å². The van der Waals surface area contributed by atoms with Crippen LogP contribution >= 0.6 is 11.6 Å². The highest BCUT2D eigenvalue weighted by Gasteiger charge is 2.08. The topological polar surface area (TPSA) is 29.3 Å². The maximum atomic E-state index is 5.92. The van der Waals surface area contributed by atoms with Crippen LogP contribution in [0.15, 0.2) is 48.5 Å². The molecule has 2 rings (SSSR count). The molecule has 0 aliphatic heterocycles. The summed E-state index contributed by atoms with van der Waals surface area (Å²) in [7, 11) is 0. The van der Waals surface area contributed by atoms with E-state index >= 15 is 0 Å². The summed E-state index contributed by atoms with van der Waals surface area (Å²) in [5.41, 5.74) is 9.48. The minimum atomic E-state index is 0.641. The number of anilines is 1. The predicted octanol–water partition coefficient (Wildman–Crippen LogP) is 3.61. The zero-order chi connectivity index (χ0) is 13.7. The molecule has 0 aliphatic carbocycles. The van der Waals surface area contributed by atoms with Gasteiger partial charge in [-0.2, -0.15) is 0 Å². The second-order valence-electron chi connectivity index (χ2n) is 4.62. The van der Waals surface area contributed by atoms with Gasteiger partial charge in [0.15, 0.2) is 0 Å². The molecule has 2 nitrogen and oxygen atoms in total. The van der Waals surface area contributed by atoms with Crippen LogP contribution in [-0.4, -0.2) is 13.1 Å². The Bertz CT molecular complexity index is 523. The van der Waals surface area contributed by atoms with Crippen LogP contribution in [0.2, 0.25) is 5.02 Å². The fraction of sp³-hybridized carbons (Fsp3) is 0.250. The first-order valence-electron chi connectivity index (χ1n) is 6.46. The Hall–Kier alpha value is -1.51. The first-order valence-corrected chi connectivity index (χ1v) is 6.83. The first-order chi connectivity index (χ1) is 9.20. The van der Waals surface area contributed by atoms with Gasteiger partial charge in [-0.05, 0) is 36.2 Å². The molecule has 100 valence electrons. The molecular weight excluding hydrogens is 256 g/mol. The number of benzene rings is 2. The van der Waals surface area contributed by atoms with Crippen LogP contribution in [0.1, 0.15) is 11.1 Å². The number of hydrogen-bond donors (Lipinski definition) is 1. The molecule has 2 N–H and O–H groups in total. The summed E-state index contributed by atoms with van der Waals surface area (Å²) in [5.74, 6) is 0. The quantitative estimate of drug-likeness (QED) is 0.902. The maximum Gasteiger partial charge on any atom is 0.0430 e. The standard InChI is InChI=1S/C16H19ClN2/c1-13-4-2-3-5-16(13)19(11-10-18)12-14-6-8-15(17)9-7-14/h2-9H,10-12,18H2,1H3. The van der Waals surface area contributed by atoms with E-state index in [0.29, 0.717) is 6.54 Å². The average molecular weight is 275 g/mol. The number of hydrogen-bond acceptors (Lipinski definition) is 2. The molecule has 0 fully saturated rings. The molecule has 0 atom stereocenters. The van der Waals surface area contributed by atoms with Crippen LogP contribution < -0.4 is 10.6 Å². The van der Waals surface area contributed by atoms with Crippen LogP contribution in [-0.2, 0) is 6.54 Å². The second kappa shape index (κ2) is 6.60. The van der Waals surface area contributed by atoms with Crippen molar-refractivity contribution in [3.63, 3.8) is 0 Å². The largest absolute Gasteiger partial charge is 0.366 e. The summed E-state index contributed by atoms with van der Waals surface area (Å²) in [6.45, 7) is 4.45. The number of aryl methyl sites for hydroxylation is 1. The minimum Gasteiger partial charge on any atom is -0.366 e. The molecule has 3 heteroatoms. The van der Waals surface area contributed by atoms with Gasteiger partial charge < -0.3 is 10.6 Å². The van der Waals surface area contributed by atoms with Gasteiger partial charge in [0.25, 0.3) is 0 Å². The van der Waals surface area contributed by atoms with E-state index in [0.717, 1.165) is 18.1 Å². The van der Waals surface area contributed by atoms with Gasteiger partial charge in [-0.3, -0.25) is 0 Å². The molecule has 0 saturated heterocycles. The predicted molar refractivity (Wildman–Crippen MR) is 82.7 cm³/mol. The number of para-hydroxylation sites is 1. The number of nitrogens with two attached hydrogens (primary N) is 1. The average Bonchev–Trinajstić information content (AvgIpc) is 2.41. The van der Waals surface area contributed by atoms with E-state index in [1.165, 1.54) is 16.8 Å². The van der Waals surface area contributed by atoms with Gasteiger partial charge >= 0.3 is 0 Å². The lowest BCUT2D eigenvalue weighted by Gasteiger charge is -2.26. The molecule has 0 spiro atoms. The number of nitrogens with zero attached hydrogens (tertiary/aromatic N) is 1. The lowest BCUT2D eigenvalue weighted by Crippen LogP contribution is -2.29. The highest BCUT2D eigenvalue weighted by Crippen LogP contribution is 2.21. The molecular formula is C16H19ClN2. The molecule has 0 radical (unpaired) electrons. The summed E-state index contributed by atoms with van der Waals surface area (Å²) in [6.07, 6.45) is 0. The van der Waals surface area contributed by atoms with Gasteiger partial charge in [0.2, 0.25) is 0 Å². The zero-order valence-electron chi connectivity index (χ0n) is 11.1. The van der Waals surface area contributed by atoms with Crippen molar-refractivity contribution in [2.45, 2.75) is 13.5 Å². The molecule has 0 amide bonds. The van der Waals surface area contributed by atoms with Crippen LogP contribution in [0.25, 0.3) is 0 Å². The fourth-order valence-corrected chi connectivity index (χ4v) is 2.29. The minimum absolute atomic E-state index is 0.641. The van der Waals surface area contributed by atoms with Crippen molar-refractivity contribution in [1.29, 1.82) is 0 Å². The van der Waals surface area contributed by atoms with Crippen LogP contribution in [0.3, 0.4) is 0 Å². The lowest BCUT2D eigenvalue weighted by molar-refractivity contribution is 0.787. The maximum absolute atomic E-state index is 5.92. The molecule has 2 aromatic carbocycles. The number of halogens is 1. The van der Waals surface area contributed by atoms with Crippen molar-refractivity contribution in [1.82, 2.24) is 0 Å². The van der Waals surface area contributed by atoms with Gasteiger partial charge in [0.05, 0.1) is 0 Å². The second-order valence-corrected chi connectivity index (χ2v) is 5.06. The molecule has 0 aliphatic rings. The Balaban J connectivity index is 2.21. The normalized spacial score (nSPS) is 10.5. The van der Waals surface area contributed by atoms with Crippen molar-refractivity contribution in [3.05, 3.63) is 64.7 Å². The van der Waals surface area contributed by atoms with E-state index in [-0.39, 0.29) is 0 Å². The Morgan fingerprint density at radius 1 is 1.05 bits per heavy atom. The van der Waals surface area contributed by atoms with Gasteiger partial charge in [0, 0.05) is 30.3 Å². The summed E-state index contributed by atoms with van der Waals surface area (Å²) < 4.78 is 0. The van der Waals surface area contributed by atoms with Crippen LogP contribution in [0.4, 0.5) is 5.69 Å². The van der Waals surface area contributed by atoms with E-state index in [2.05, 4.69) is 48.2 Å². The van der Waals surface area contributed by atoms with Gasteiger partial charge in [-0.1, -0.05) is 41.9 Å². The lowest BCUT2D eigenvalue weighted by atomic mass is 10.1. The molecule has 0 bridgehead atoms. The summed E-state index contributed by atoms with van der Waals surface area (Å²) >= 11 is 5.92. The van der Waals surface area contributed by atoms with E-state index in [9.17, 15) is 0 Å². The third-order valence-electron chi connectivity index (χ3n) is 3.14. The van der Waals surface area contributed by atoms with E-state index < -0.39 is 0 Å². The van der Waals surface area contributed by atoms with Crippen molar-refractivity contribution in [3.8, 4) is 0 Å². The van der Waals surface area contributed by atoms with E-state index in [1.54, 1.807) is 0 Å². The molecule has 0 heterocycles. The number of rotatable bonds is 5. The first kappa shape index (κ1) is 13.9. The van der Waals surface area contributed by atoms with Gasteiger partial charge in [0.1, 0.15) is 0 Å². The molecule has 2 aromatic rings. The Labute approximate surface area is 119 Å². The molecule has 0 unspecified atom stereocenters. The summed E-state index contributed by atoms with van der Waals surface area (Å²) in [4.78, 5) is 2.30.